The van der Waals surface area contributed by atoms with Crippen LogP contribution in [0.2, 0.25) is 0 Å². The van der Waals surface area contributed by atoms with Crippen LogP contribution in [0.5, 0.6) is 0 Å². The zero-order valence-corrected chi connectivity index (χ0v) is 10.1. The lowest BCUT2D eigenvalue weighted by atomic mass is 9.97. The van der Waals surface area contributed by atoms with Gasteiger partial charge >= 0.3 is 6.18 Å². The molecule has 2 aromatic carbocycles. The second kappa shape index (κ2) is 5.11. The molecular formula is C14H10F5N. The zero-order valence-electron chi connectivity index (χ0n) is 10.1. The largest absolute Gasteiger partial charge is 0.417 e. The van der Waals surface area contributed by atoms with Crippen LogP contribution in [0.4, 0.5) is 27.6 Å². The molecule has 2 aromatic rings. The predicted molar refractivity (Wildman–Crippen MR) is 66.2 cm³/mol. The summed E-state index contributed by atoms with van der Waals surface area (Å²) in [4.78, 5) is 0. The first-order valence-electron chi connectivity index (χ1n) is 5.64. The highest BCUT2D eigenvalue weighted by Gasteiger charge is 2.33. The SMILES string of the molecule is Nc1cc(-c2ccccc2C(F)(F)F)cc(C(F)F)c1. The molecule has 0 aliphatic carbocycles. The Labute approximate surface area is 111 Å². The summed E-state index contributed by atoms with van der Waals surface area (Å²) >= 11 is 0. The smallest absolute Gasteiger partial charge is 0.399 e. The molecule has 0 heterocycles. The molecule has 1 nitrogen and oxygen atoms in total. The Balaban J connectivity index is 2.63. The van der Waals surface area contributed by atoms with E-state index in [0.29, 0.717) is 0 Å². The van der Waals surface area contributed by atoms with Crippen LogP contribution in [0, 0.1) is 0 Å². The summed E-state index contributed by atoms with van der Waals surface area (Å²) in [7, 11) is 0. The van der Waals surface area contributed by atoms with E-state index in [1.807, 2.05) is 0 Å². The van der Waals surface area contributed by atoms with Crippen LogP contribution in [0.3, 0.4) is 0 Å². The second-order valence-corrected chi connectivity index (χ2v) is 4.23. The highest BCUT2D eigenvalue weighted by Crippen LogP contribution is 2.38. The fourth-order valence-corrected chi connectivity index (χ4v) is 1.94. The number of hydrogen-bond acceptors (Lipinski definition) is 1. The molecule has 0 saturated heterocycles. The molecule has 0 aliphatic heterocycles. The maximum absolute atomic E-state index is 12.9. The first-order chi connectivity index (χ1) is 9.29. The van der Waals surface area contributed by atoms with Crippen LogP contribution in [0.15, 0.2) is 42.5 Å². The summed E-state index contributed by atoms with van der Waals surface area (Å²) in [6, 6.07) is 8.10. The molecule has 0 amide bonds. The molecule has 0 spiro atoms. The van der Waals surface area contributed by atoms with Crippen molar-refractivity contribution in [1.82, 2.24) is 0 Å². The number of benzene rings is 2. The minimum absolute atomic E-state index is 0.00484. The van der Waals surface area contributed by atoms with E-state index in [-0.39, 0.29) is 16.8 Å². The number of alkyl halides is 5. The van der Waals surface area contributed by atoms with Gasteiger partial charge in [-0.2, -0.15) is 13.2 Å². The third-order valence-electron chi connectivity index (χ3n) is 2.77. The summed E-state index contributed by atoms with van der Waals surface area (Å²) in [5.41, 5.74) is 4.03. The van der Waals surface area contributed by atoms with E-state index in [1.54, 1.807) is 0 Å². The monoisotopic (exact) mass is 287 g/mol. The highest BCUT2D eigenvalue weighted by atomic mass is 19.4. The minimum atomic E-state index is -4.56. The predicted octanol–water partition coefficient (Wildman–Crippen LogP) is 4.89. The first-order valence-corrected chi connectivity index (χ1v) is 5.64. The molecule has 2 N–H and O–H groups in total. The lowest BCUT2D eigenvalue weighted by Gasteiger charge is -2.14. The third kappa shape index (κ3) is 2.89. The Morgan fingerprint density at radius 1 is 0.950 bits per heavy atom. The van der Waals surface area contributed by atoms with Crippen molar-refractivity contribution < 1.29 is 22.0 Å². The van der Waals surface area contributed by atoms with Gasteiger partial charge in [-0.1, -0.05) is 18.2 Å². The van der Waals surface area contributed by atoms with E-state index >= 15 is 0 Å². The molecule has 0 radical (unpaired) electrons. The molecule has 6 heteroatoms. The topological polar surface area (TPSA) is 26.0 Å². The van der Waals surface area contributed by atoms with Crippen molar-refractivity contribution in [3.63, 3.8) is 0 Å². The van der Waals surface area contributed by atoms with Crippen molar-refractivity contribution in [1.29, 1.82) is 0 Å². The van der Waals surface area contributed by atoms with E-state index in [9.17, 15) is 22.0 Å². The van der Waals surface area contributed by atoms with Gasteiger partial charge in [-0.25, -0.2) is 8.78 Å². The molecule has 0 aliphatic rings. The first kappa shape index (κ1) is 14.3. The molecule has 0 fully saturated rings. The summed E-state index contributed by atoms with van der Waals surface area (Å²) < 4.78 is 64.1. The summed E-state index contributed by atoms with van der Waals surface area (Å²) in [6.45, 7) is 0. The number of halogens is 5. The van der Waals surface area contributed by atoms with E-state index < -0.39 is 23.7 Å². The van der Waals surface area contributed by atoms with Crippen molar-refractivity contribution in [2.24, 2.45) is 0 Å². The van der Waals surface area contributed by atoms with Crippen molar-refractivity contribution in [3.05, 3.63) is 53.6 Å². The fourth-order valence-electron chi connectivity index (χ4n) is 1.94. The van der Waals surface area contributed by atoms with Crippen LogP contribution < -0.4 is 5.73 Å². The molecule has 2 rings (SSSR count). The van der Waals surface area contributed by atoms with Gasteiger partial charge in [0.05, 0.1) is 5.56 Å². The molecule has 0 atom stereocenters. The summed E-state index contributed by atoms with van der Waals surface area (Å²) in [5, 5.41) is 0. The number of hydrogen-bond donors (Lipinski definition) is 1. The number of nitrogens with two attached hydrogens (primary N) is 1. The van der Waals surface area contributed by atoms with Gasteiger partial charge in [-0.15, -0.1) is 0 Å². The average molecular weight is 287 g/mol. The molecule has 0 aromatic heterocycles. The molecule has 106 valence electrons. The van der Waals surface area contributed by atoms with E-state index in [1.165, 1.54) is 24.3 Å². The van der Waals surface area contributed by atoms with Crippen molar-refractivity contribution in [2.45, 2.75) is 12.6 Å². The van der Waals surface area contributed by atoms with Crippen LogP contribution >= 0.6 is 0 Å². The lowest BCUT2D eigenvalue weighted by Crippen LogP contribution is -2.07. The highest BCUT2D eigenvalue weighted by molar-refractivity contribution is 5.72. The van der Waals surface area contributed by atoms with Crippen molar-refractivity contribution >= 4 is 5.69 Å². The van der Waals surface area contributed by atoms with Gasteiger partial charge < -0.3 is 5.73 Å². The number of anilines is 1. The van der Waals surface area contributed by atoms with Crippen LogP contribution in [-0.2, 0) is 6.18 Å². The van der Waals surface area contributed by atoms with Crippen LogP contribution in [-0.4, -0.2) is 0 Å². The lowest BCUT2D eigenvalue weighted by molar-refractivity contribution is -0.137. The number of nitrogen functional groups attached to an aromatic ring is 1. The van der Waals surface area contributed by atoms with E-state index in [0.717, 1.165) is 18.2 Å². The van der Waals surface area contributed by atoms with Crippen molar-refractivity contribution in [2.75, 3.05) is 5.73 Å². The van der Waals surface area contributed by atoms with Crippen LogP contribution in [0.1, 0.15) is 17.6 Å². The fraction of sp³-hybridized carbons (Fsp3) is 0.143. The summed E-state index contributed by atoms with van der Waals surface area (Å²) in [5.74, 6) is 0. The number of rotatable bonds is 2. The van der Waals surface area contributed by atoms with Gasteiger partial charge in [-0.3, -0.25) is 0 Å². The zero-order chi connectivity index (χ0) is 14.9. The van der Waals surface area contributed by atoms with Crippen LogP contribution in [0.25, 0.3) is 11.1 Å². The Morgan fingerprint density at radius 3 is 2.20 bits per heavy atom. The normalized spacial score (nSPS) is 11.9. The van der Waals surface area contributed by atoms with Gasteiger partial charge in [-0.05, 0) is 35.4 Å². The minimum Gasteiger partial charge on any atom is -0.399 e. The van der Waals surface area contributed by atoms with Gasteiger partial charge in [0.15, 0.2) is 0 Å². The van der Waals surface area contributed by atoms with E-state index in [2.05, 4.69) is 0 Å². The van der Waals surface area contributed by atoms with Gasteiger partial charge in [0.1, 0.15) is 0 Å². The Morgan fingerprint density at radius 2 is 1.60 bits per heavy atom. The third-order valence-corrected chi connectivity index (χ3v) is 2.77. The Kier molecular flexibility index (Phi) is 3.65. The Bertz CT molecular complexity index is 619. The molecular weight excluding hydrogens is 277 g/mol. The molecule has 0 bridgehead atoms. The van der Waals surface area contributed by atoms with Gasteiger partial charge in [0, 0.05) is 11.3 Å². The quantitative estimate of drug-likeness (QED) is 0.617. The van der Waals surface area contributed by atoms with Crippen molar-refractivity contribution in [3.8, 4) is 11.1 Å². The molecule has 0 saturated carbocycles. The van der Waals surface area contributed by atoms with Gasteiger partial charge in [0.2, 0.25) is 0 Å². The molecule has 0 unspecified atom stereocenters. The molecule has 20 heavy (non-hydrogen) atoms. The standard InChI is InChI=1S/C14H10F5N/c15-13(16)9-5-8(6-10(20)7-9)11-3-1-2-4-12(11)14(17,18)19/h1-7,13H,20H2. The maximum Gasteiger partial charge on any atom is 0.417 e. The average Bonchev–Trinajstić information content (AvgIpc) is 2.37. The van der Waals surface area contributed by atoms with Gasteiger partial charge in [0.25, 0.3) is 6.43 Å². The Hall–Kier alpha value is -2.11. The van der Waals surface area contributed by atoms with E-state index in [4.69, 9.17) is 5.73 Å². The summed E-state index contributed by atoms with van der Waals surface area (Å²) in [6.07, 6.45) is -7.36. The maximum atomic E-state index is 12.9. The second-order valence-electron chi connectivity index (χ2n) is 4.23.